The summed E-state index contributed by atoms with van der Waals surface area (Å²) in [5.41, 5.74) is 7.17. The molecule has 0 saturated carbocycles. The van der Waals surface area contributed by atoms with E-state index in [1.807, 2.05) is 0 Å². The van der Waals surface area contributed by atoms with Crippen LogP contribution in [0.15, 0.2) is 87.4 Å². The molecular formula is C32H32N4O7S. The van der Waals surface area contributed by atoms with Gasteiger partial charge in [-0.05, 0) is 60.4 Å². The fourth-order valence-electron chi connectivity index (χ4n) is 4.82. The van der Waals surface area contributed by atoms with Crippen molar-refractivity contribution < 1.29 is 27.8 Å². The molecule has 228 valence electrons. The van der Waals surface area contributed by atoms with Gasteiger partial charge in [0.05, 0.1) is 41.7 Å². The van der Waals surface area contributed by atoms with E-state index in [9.17, 15) is 28.4 Å². The summed E-state index contributed by atoms with van der Waals surface area (Å²) in [6.07, 6.45) is -0.262. The summed E-state index contributed by atoms with van der Waals surface area (Å²) in [5.74, 6) is -1.50. The Kier molecular flexibility index (Phi) is 9.95. The minimum absolute atomic E-state index is 0.00208. The van der Waals surface area contributed by atoms with Crippen LogP contribution in [0.4, 0.5) is 0 Å². The number of benzene rings is 3. The summed E-state index contributed by atoms with van der Waals surface area (Å²) in [6.45, 7) is 3.27. The van der Waals surface area contributed by atoms with E-state index in [2.05, 4.69) is 11.1 Å². The molecule has 12 heteroatoms. The number of hydrogen-bond acceptors (Lipinski definition) is 9. The molecule has 4 rings (SSSR count). The summed E-state index contributed by atoms with van der Waals surface area (Å²) in [7, 11) is -3.17. The van der Waals surface area contributed by atoms with Crippen molar-refractivity contribution in [3.63, 3.8) is 0 Å². The van der Waals surface area contributed by atoms with E-state index in [4.69, 9.17) is 15.2 Å². The lowest BCUT2D eigenvalue weighted by molar-refractivity contribution is -0.117. The van der Waals surface area contributed by atoms with Crippen LogP contribution in [-0.2, 0) is 37.1 Å². The van der Waals surface area contributed by atoms with Crippen LogP contribution in [0.1, 0.15) is 42.4 Å². The zero-order chi connectivity index (χ0) is 32.0. The fraction of sp³-hybridized carbons (Fsp3) is 0.250. The molecule has 0 aliphatic carbocycles. The molecule has 1 aromatic heterocycles. The van der Waals surface area contributed by atoms with Gasteiger partial charge >= 0.3 is 0 Å². The number of sulfone groups is 1. The van der Waals surface area contributed by atoms with Gasteiger partial charge in [-0.2, -0.15) is 10.2 Å². The molecule has 1 atom stereocenters. The summed E-state index contributed by atoms with van der Waals surface area (Å²) in [4.78, 5) is 28.6. The first-order chi connectivity index (χ1) is 21.0. The van der Waals surface area contributed by atoms with Gasteiger partial charge in [-0.3, -0.25) is 14.2 Å². The number of hydrogen-bond donors (Lipinski definition) is 2. The Bertz CT molecular complexity index is 1880. The van der Waals surface area contributed by atoms with E-state index in [-0.39, 0.29) is 36.5 Å². The average molecular weight is 617 g/mol. The maximum Gasteiger partial charge on any atom is 0.277 e. The van der Waals surface area contributed by atoms with Crippen molar-refractivity contribution in [2.45, 2.75) is 48.8 Å². The van der Waals surface area contributed by atoms with Crippen molar-refractivity contribution in [2.75, 3.05) is 13.7 Å². The Morgan fingerprint density at radius 2 is 1.80 bits per heavy atom. The van der Waals surface area contributed by atoms with Crippen LogP contribution < -0.4 is 11.3 Å². The third-order valence-electron chi connectivity index (χ3n) is 6.84. The first kappa shape index (κ1) is 32.1. The van der Waals surface area contributed by atoms with Crippen molar-refractivity contribution >= 4 is 15.7 Å². The maximum absolute atomic E-state index is 14.1. The minimum atomic E-state index is -4.60. The smallest absolute Gasteiger partial charge is 0.277 e. The fourth-order valence-corrected chi connectivity index (χ4v) is 6.16. The summed E-state index contributed by atoms with van der Waals surface area (Å²) in [6, 6.07) is 20.4. The third-order valence-corrected chi connectivity index (χ3v) is 8.63. The van der Waals surface area contributed by atoms with E-state index in [0.717, 1.165) is 4.57 Å². The first-order valence-corrected chi connectivity index (χ1v) is 15.1. The summed E-state index contributed by atoms with van der Waals surface area (Å²) in [5, 5.41) is 20.3. The Labute approximate surface area is 255 Å². The number of aromatic nitrogens is 2. The van der Waals surface area contributed by atoms with Crippen molar-refractivity contribution in [1.29, 1.82) is 5.26 Å². The predicted molar refractivity (Wildman–Crippen MR) is 161 cm³/mol. The number of methoxy groups -OCH3 is 1. The van der Waals surface area contributed by atoms with Crippen LogP contribution in [0, 0.1) is 11.3 Å². The lowest BCUT2D eigenvalue weighted by Crippen LogP contribution is -2.35. The van der Waals surface area contributed by atoms with Crippen LogP contribution in [0.3, 0.4) is 0 Å². The standard InChI is InChI=1S/C32H32N4O7S/c1-20(2)43-19-29-35-31(38)30(32(39)36(29)27(18-42-3)24-9-6-7-21(15-24)17-33)44(40,41)25-13-11-22(12-14-25)26-10-5-4-8-23(26)16-28(34)37/h4-15,20,27,38H,16,18-19H2,1-3H3,(H2,34,37)/t27-/m0/s1. The maximum atomic E-state index is 14.1. The molecule has 0 aliphatic rings. The highest BCUT2D eigenvalue weighted by Gasteiger charge is 2.32. The van der Waals surface area contributed by atoms with Crippen LogP contribution in [-0.4, -0.2) is 48.8 Å². The number of amides is 1. The van der Waals surface area contributed by atoms with Crippen LogP contribution in [0.2, 0.25) is 0 Å². The van der Waals surface area contributed by atoms with E-state index in [1.54, 1.807) is 74.5 Å². The molecule has 0 fully saturated rings. The Morgan fingerprint density at radius 3 is 2.43 bits per heavy atom. The van der Waals surface area contributed by atoms with Gasteiger partial charge in [0, 0.05) is 7.11 Å². The number of nitrogens with two attached hydrogens (primary N) is 1. The Hall–Kier alpha value is -4.83. The monoisotopic (exact) mass is 616 g/mol. The highest BCUT2D eigenvalue weighted by Crippen LogP contribution is 2.30. The van der Waals surface area contributed by atoms with Crippen molar-refractivity contribution in [3.8, 4) is 23.1 Å². The third kappa shape index (κ3) is 6.86. The van der Waals surface area contributed by atoms with Gasteiger partial charge in [0.2, 0.25) is 21.6 Å². The lowest BCUT2D eigenvalue weighted by atomic mass is 9.98. The highest BCUT2D eigenvalue weighted by atomic mass is 32.2. The number of rotatable bonds is 12. The molecular weight excluding hydrogens is 584 g/mol. The second-order valence-electron chi connectivity index (χ2n) is 10.3. The largest absolute Gasteiger partial charge is 0.492 e. The van der Waals surface area contributed by atoms with Gasteiger partial charge in [-0.25, -0.2) is 8.42 Å². The van der Waals surface area contributed by atoms with E-state index in [0.29, 0.717) is 27.8 Å². The topological polar surface area (TPSA) is 175 Å². The Morgan fingerprint density at radius 1 is 1.09 bits per heavy atom. The van der Waals surface area contributed by atoms with Gasteiger partial charge < -0.3 is 20.3 Å². The molecule has 1 amide bonds. The second-order valence-corrected chi connectivity index (χ2v) is 12.1. The van der Waals surface area contributed by atoms with Crippen molar-refractivity contribution in [3.05, 3.63) is 106 Å². The van der Waals surface area contributed by atoms with Gasteiger partial charge in [0.1, 0.15) is 12.4 Å². The molecule has 0 aliphatic heterocycles. The first-order valence-electron chi connectivity index (χ1n) is 13.6. The van der Waals surface area contributed by atoms with Crippen LogP contribution in [0.25, 0.3) is 11.1 Å². The van der Waals surface area contributed by atoms with Crippen molar-refractivity contribution in [2.24, 2.45) is 5.73 Å². The van der Waals surface area contributed by atoms with E-state index < -0.39 is 38.1 Å². The van der Waals surface area contributed by atoms with Crippen molar-refractivity contribution in [1.82, 2.24) is 9.55 Å². The Balaban J connectivity index is 1.87. The zero-order valence-corrected chi connectivity index (χ0v) is 25.2. The number of nitriles is 1. The molecule has 11 nitrogen and oxygen atoms in total. The molecule has 0 radical (unpaired) electrons. The number of carbonyl (C=O) groups excluding carboxylic acids is 1. The minimum Gasteiger partial charge on any atom is -0.492 e. The molecule has 0 bridgehead atoms. The molecule has 0 saturated heterocycles. The average Bonchev–Trinajstić information content (AvgIpc) is 2.99. The zero-order valence-electron chi connectivity index (χ0n) is 24.4. The number of ether oxygens (including phenoxy) is 2. The van der Waals surface area contributed by atoms with E-state index in [1.165, 1.54) is 19.2 Å². The predicted octanol–water partition coefficient (Wildman–Crippen LogP) is 3.51. The number of carbonyl (C=O) groups is 1. The molecule has 4 aromatic rings. The second kappa shape index (κ2) is 13.6. The molecule has 3 aromatic carbocycles. The van der Waals surface area contributed by atoms with Gasteiger partial charge in [0.25, 0.3) is 5.56 Å². The van der Waals surface area contributed by atoms with Gasteiger partial charge in [-0.1, -0.05) is 48.5 Å². The molecule has 0 unspecified atom stereocenters. The normalized spacial score (nSPS) is 12.2. The number of nitrogens with zero attached hydrogens (tertiary/aromatic N) is 3. The number of aromatic hydroxyl groups is 1. The molecule has 44 heavy (non-hydrogen) atoms. The van der Waals surface area contributed by atoms with Gasteiger partial charge in [0.15, 0.2) is 4.90 Å². The summed E-state index contributed by atoms with van der Waals surface area (Å²) >= 11 is 0. The highest BCUT2D eigenvalue weighted by molar-refractivity contribution is 7.91. The van der Waals surface area contributed by atoms with Gasteiger partial charge in [-0.15, -0.1) is 0 Å². The van der Waals surface area contributed by atoms with Crippen LogP contribution in [0.5, 0.6) is 5.88 Å². The van der Waals surface area contributed by atoms with E-state index >= 15 is 0 Å². The lowest BCUT2D eigenvalue weighted by Gasteiger charge is -2.24. The number of primary amides is 1. The SMILES string of the molecule is COC[C@@H](c1cccc(C#N)c1)n1c(COC(C)C)nc(O)c(S(=O)(=O)c2ccc(-c3ccccc3CC(N)=O)cc2)c1=O. The quantitative estimate of drug-likeness (QED) is 0.241. The molecule has 1 heterocycles. The summed E-state index contributed by atoms with van der Waals surface area (Å²) < 4.78 is 40.0. The molecule has 0 spiro atoms. The molecule has 3 N–H and O–H groups in total. The van der Waals surface area contributed by atoms with Crippen LogP contribution >= 0.6 is 0 Å².